The van der Waals surface area contributed by atoms with Crippen molar-refractivity contribution in [2.24, 2.45) is 16.5 Å². The molecule has 1 heterocycles. The van der Waals surface area contributed by atoms with Crippen LogP contribution in [0.15, 0.2) is 17.1 Å². The standard InChI is InChI=1S/C8H8Cl3N5/c9-4-1-3(2-5(10)6(4)11)8(13)14-7(12)15-16-8/h1-2,16H,13H2,(H3,12,14,15). The van der Waals surface area contributed by atoms with Gasteiger partial charge in [0.1, 0.15) is 0 Å². The molecule has 0 fully saturated rings. The number of aliphatic imine (C=N–C) groups is 1. The van der Waals surface area contributed by atoms with Crippen molar-refractivity contribution in [1.82, 2.24) is 10.9 Å². The zero-order valence-corrected chi connectivity index (χ0v) is 10.2. The highest BCUT2D eigenvalue weighted by atomic mass is 35.5. The summed E-state index contributed by atoms with van der Waals surface area (Å²) in [5, 5.41) is 0.881. The Morgan fingerprint density at radius 2 is 1.75 bits per heavy atom. The minimum atomic E-state index is -1.19. The maximum absolute atomic E-state index is 5.96. The molecule has 1 atom stereocenters. The van der Waals surface area contributed by atoms with E-state index >= 15 is 0 Å². The minimum Gasteiger partial charge on any atom is -0.369 e. The summed E-state index contributed by atoms with van der Waals surface area (Å²) in [7, 11) is 0. The summed E-state index contributed by atoms with van der Waals surface area (Å²) in [5.41, 5.74) is 17.3. The van der Waals surface area contributed by atoms with E-state index in [9.17, 15) is 0 Å². The molecule has 0 amide bonds. The highest BCUT2D eigenvalue weighted by Gasteiger charge is 2.32. The van der Waals surface area contributed by atoms with Gasteiger partial charge < -0.3 is 5.73 Å². The molecule has 5 nitrogen and oxygen atoms in total. The minimum absolute atomic E-state index is 0.185. The number of hydrogen-bond donors (Lipinski definition) is 4. The molecule has 86 valence electrons. The lowest BCUT2D eigenvalue weighted by atomic mass is 10.1. The number of nitrogens with one attached hydrogen (secondary N) is 2. The van der Waals surface area contributed by atoms with Crippen LogP contribution in [0.3, 0.4) is 0 Å². The molecule has 1 aliphatic heterocycles. The van der Waals surface area contributed by atoms with Gasteiger partial charge in [0.15, 0.2) is 0 Å². The zero-order chi connectivity index (χ0) is 11.9. The molecule has 1 unspecified atom stereocenters. The van der Waals surface area contributed by atoms with Crippen LogP contribution < -0.4 is 22.3 Å². The summed E-state index contributed by atoms with van der Waals surface area (Å²) < 4.78 is 0. The molecule has 2 rings (SSSR count). The van der Waals surface area contributed by atoms with Gasteiger partial charge in [0.05, 0.1) is 15.1 Å². The Bertz CT molecular complexity index is 452. The first-order chi connectivity index (χ1) is 7.42. The normalized spacial score (nSPS) is 24.1. The van der Waals surface area contributed by atoms with E-state index < -0.39 is 5.79 Å². The average molecular weight is 281 g/mol. The Hall–Kier alpha value is -0.720. The van der Waals surface area contributed by atoms with E-state index in [0.717, 1.165) is 0 Å². The molecule has 1 aromatic carbocycles. The molecule has 6 N–H and O–H groups in total. The number of guanidine groups is 1. The lowest BCUT2D eigenvalue weighted by molar-refractivity contribution is 0.375. The maximum atomic E-state index is 5.96. The Kier molecular flexibility index (Phi) is 2.90. The number of nitrogens with two attached hydrogens (primary N) is 2. The molecule has 0 bridgehead atoms. The van der Waals surface area contributed by atoms with Crippen LogP contribution in [-0.4, -0.2) is 5.96 Å². The lowest BCUT2D eigenvalue weighted by Gasteiger charge is -2.21. The van der Waals surface area contributed by atoms with Gasteiger partial charge in [-0.25, -0.2) is 4.99 Å². The van der Waals surface area contributed by atoms with Crippen molar-refractivity contribution in [1.29, 1.82) is 0 Å². The average Bonchev–Trinajstić information content (AvgIpc) is 2.56. The monoisotopic (exact) mass is 279 g/mol. The number of benzene rings is 1. The van der Waals surface area contributed by atoms with Crippen molar-refractivity contribution >= 4 is 40.8 Å². The Labute approximate surface area is 107 Å². The molecule has 0 aliphatic carbocycles. The summed E-state index contributed by atoms with van der Waals surface area (Å²) in [5.74, 6) is -1.01. The topological polar surface area (TPSA) is 88.5 Å². The number of rotatable bonds is 1. The van der Waals surface area contributed by atoms with Crippen molar-refractivity contribution in [3.05, 3.63) is 32.8 Å². The van der Waals surface area contributed by atoms with Crippen LogP contribution in [0, 0.1) is 0 Å². The van der Waals surface area contributed by atoms with Crippen LogP contribution >= 0.6 is 34.8 Å². The number of hydrazine groups is 1. The van der Waals surface area contributed by atoms with Gasteiger partial charge in [-0.1, -0.05) is 34.8 Å². The number of hydrogen-bond acceptors (Lipinski definition) is 5. The van der Waals surface area contributed by atoms with Gasteiger partial charge in [0.25, 0.3) is 0 Å². The molecule has 16 heavy (non-hydrogen) atoms. The number of nitrogens with zero attached hydrogens (tertiary/aromatic N) is 1. The third-order valence-electron chi connectivity index (χ3n) is 2.10. The molecular weight excluding hydrogens is 272 g/mol. The second kappa shape index (κ2) is 3.94. The predicted octanol–water partition coefficient (Wildman–Crippen LogP) is 1.14. The summed E-state index contributed by atoms with van der Waals surface area (Å²) >= 11 is 17.6. The van der Waals surface area contributed by atoms with Crippen LogP contribution in [0.5, 0.6) is 0 Å². The van der Waals surface area contributed by atoms with Crippen LogP contribution in [0.4, 0.5) is 0 Å². The quantitative estimate of drug-likeness (QED) is 0.581. The SMILES string of the molecule is NC1=NC(N)(c2cc(Cl)c(Cl)c(Cl)c2)NN1. The highest BCUT2D eigenvalue weighted by molar-refractivity contribution is 6.48. The second-order valence-corrected chi connectivity index (χ2v) is 4.46. The summed E-state index contributed by atoms with van der Waals surface area (Å²) in [6, 6.07) is 3.15. The van der Waals surface area contributed by atoms with E-state index in [2.05, 4.69) is 15.8 Å². The van der Waals surface area contributed by atoms with Gasteiger partial charge in [-0.05, 0) is 12.1 Å². The molecular formula is C8H8Cl3N5. The maximum Gasteiger partial charge on any atom is 0.209 e. The van der Waals surface area contributed by atoms with E-state index in [1.54, 1.807) is 12.1 Å². The van der Waals surface area contributed by atoms with Gasteiger partial charge >= 0.3 is 0 Å². The van der Waals surface area contributed by atoms with Gasteiger partial charge in [0, 0.05) is 5.56 Å². The third-order valence-corrected chi connectivity index (χ3v) is 3.30. The van der Waals surface area contributed by atoms with Gasteiger partial charge in [-0.15, -0.1) is 0 Å². The van der Waals surface area contributed by atoms with Crippen molar-refractivity contribution in [3.63, 3.8) is 0 Å². The highest BCUT2D eigenvalue weighted by Crippen LogP contribution is 2.34. The summed E-state index contributed by atoms with van der Waals surface area (Å²) in [6.07, 6.45) is 0. The molecule has 0 saturated carbocycles. The van der Waals surface area contributed by atoms with Gasteiger partial charge in [-0.3, -0.25) is 11.2 Å². The van der Waals surface area contributed by atoms with Crippen LogP contribution in [0.1, 0.15) is 5.56 Å². The molecule has 0 spiro atoms. The first kappa shape index (κ1) is 11.8. The second-order valence-electron chi connectivity index (χ2n) is 3.27. The largest absolute Gasteiger partial charge is 0.369 e. The first-order valence-corrected chi connectivity index (χ1v) is 5.38. The summed E-state index contributed by atoms with van der Waals surface area (Å²) in [6.45, 7) is 0. The fourth-order valence-corrected chi connectivity index (χ4v) is 1.91. The van der Waals surface area contributed by atoms with Crippen molar-refractivity contribution in [2.45, 2.75) is 5.79 Å². The van der Waals surface area contributed by atoms with Crippen molar-refractivity contribution < 1.29 is 0 Å². The van der Waals surface area contributed by atoms with E-state index in [1.807, 2.05) is 0 Å². The molecule has 0 aromatic heterocycles. The Morgan fingerprint density at radius 1 is 1.19 bits per heavy atom. The Morgan fingerprint density at radius 3 is 2.19 bits per heavy atom. The molecule has 8 heteroatoms. The zero-order valence-electron chi connectivity index (χ0n) is 7.89. The van der Waals surface area contributed by atoms with Crippen molar-refractivity contribution in [3.8, 4) is 0 Å². The van der Waals surface area contributed by atoms with E-state index in [4.69, 9.17) is 46.3 Å². The number of halogens is 3. The first-order valence-electron chi connectivity index (χ1n) is 4.25. The van der Waals surface area contributed by atoms with Crippen LogP contribution in [-0.2, 0) is 5.79 Å². The summed E-state index contributed by atoms with van der Waals surface area (Å²) in [4.78, 5) is 3.99. The van der Waals surface area contributed by atoms with E-state index in [1.165, 1.54) is 0 Å². The van der Waals surface area contributed by atoms with Crippen LogP contribution in [0.2, 0.25) is 15.1 Å². The van der Waals surface area contributed by atoms with Crippen molar-refractivity contribution in [2.75, 3.05) is 0 Å². The van der Waals surface area contributed by atoms with Crippen LogP contribution in [0.25, 0.3) is 0 Å². The third kappa shape index (κ3) is 1.92. The molecule has 1 aliphatic rings. The fourth-order valence-electron chi connectivity index (χ4n) is 1.32. The lowest BCUT2D eigenvalue weighted by Crippen LogP contribution is -2.50. The molecule has 0 radical (unpaired) electrons. The van der Waals surface area contributed by atoms with E-state index in [0.29, 0.717) is 15.6 Å². The van der Waals surface area contributed by atoms with Gasteiger partial charge in [-0.2, -0.15) is 5.43 Å². The smallest absolute Gasteiger partial charge is 0.209 e. The Balaban J connectivity index is 2.50. The predicted molar refractivity (Wildman–Crippen MR) is 65.2 cm³/mol. The molecule has 1 aromatic rings. The van der Waals surface area contributed by atoms with Gasteiger partial charge in [0.2, 0.25) is 11.7 Å². The molecule has 0 saturated heterocycles. The van der Waals surface area contributed by atoms with E-state index in [-0.39, 0.29) is 11.0 Å². The fraction of sp³-hybridized carbons (Fsp3) is 0.125.